The lowest BCUT2D eigenvalue weighted by atomic mass is 10.0. The number of aliphatic hydroxyl groups excluding tert-OH is 1. The molecule has 0 fully saturated rings. The maximum atomic E-state index is 12.2. The van der Waals surface area contributed by atoms with Gasteiger partial charge in [0, 0.05) is 18.7 Å². The lowest BCUT2D eigenvalue weighted by Gasteiger charge is -2.14. The number of benzene rings is 1. The Hall–Kier alpha value is -2.20. The fourth-order valence-corrected chi connectivity index (χ4v) is 2.67. The fraction of sp³-hybridized carbons (Fsp3) is 0.400. The SMILES string of the molecule is Cc1cccc(CCC(O)Cc2ncccc2C(=O)NC(C)C)c1. The molecule has 0 saturated heterocycles. The van der Waals surface area contributed by atoms with Gasteiger partial charge in [-0.05, 0) is 51.3 Å². The molecule has 0 radical (unpaired) electrons. The number of aryl methyl sites for hydroxylation is 2. The maximum Gasteiger partial charge on any atom is 0.253 e. The zero-order chi connectivity index (χ0) is 17.5. The van der Waals surface area contributed by atoms with Gasteiger partial charge in [-0.1, -0.05) is 29.8 Å². The molecule has 1 amide bonds. The molecule has 2 rings (SSSR count). The minimum absolute atomic E-state index is 0.0665. The number of nitrogens with zero attached hydrogens (tertiary/aromatic N) is 1. The highest BCUT2D eigenvalue weighted by Gasteiger charge is 2.16. The van der Waals surface area contributed by atoms with Gasteiger partial charge >= 0.3 is 0 Å². The van der Waals surface area contributed by atoms with Crippen LogP contribution in [0.2, 0.25) is 0 Å². The first-order chi connectivity index (χ1) is 11.5. The number of carbonyl (C=O) groups is 1. The largest absolute Gasteiger partial charge is 0.393 e. The van der Waals surface area contributed by atoms with Crippen LogP contribution in [0.15, 0.2) is 42.6 Å². The Bertz CT molecular complexity index is 683. The number of rotatable bonds is 7. The standard InChI is InChI=1S/C20H26N2O2/c1-14(2)22-20(24)18-8-5-11-21-19(18)13-17(23)10-9-16-7-4-6-15(3)12-16/h4-8,11-12,14,17,23H,9-10,13H2,1-3H3,(H,22,24). The first kappa shape index (κ1) is 18.1. The van der Waals surface area contributed by atoms with Gasteiger partial charge in [0.05, 0.1) is 17.4 Å². The summed E-state index contributed by atoms with van der Waals surface area (Å²) in [6.45, 7) is 5.91. The summed E-state index contributed by atoms with van der Waals surface area (Å²) in [4.78, 5) is 16.5. The van der Waals surface area contributed by atoms with Gasteiger partial charge in [0.1, 0.15) is 0 Å². The molecular weight excluding hydrogens is 300 g/mol. The molecule has 128 valence electrons. The van der Waals surface area contributed by atoms with Crippen molar-refractivity contribution in [2.45, 2.75) is 52.2 Å². The van der Waals surface area contributed by atoms with Gasteiger partial charge in [0.25, 0.3) is 5.91 Å². The summed E-state index contributed by atoms with van der Waals surface area (Å²) in [5.74, 6) is -0.140. The van der Waals surface area contributed by atoms with E-state index in [9.17, 15) is 9.90 Å². The van der Waals surface area contributed by atoms with Gasteiger partial charge in [-0.25, -0.2) is 0 Å². The van der Waals surface area contributed by atoms with Crippen LogP contribution in [0.1, 0.15) is 47.4 Å². The van der Waals surface area contributed by atoms with Crippen molar-refractivity contribution in [1.29, 1.82) is 0 Å². The van der Waals surface area contributed by atoms with E-state index in [1.807, 2.05) is 19.9 Å². The van der Waals surface area contributed by atoms with Crippen molar-refractivity contribution < 1.29 is 9.90 Å². The van der Waals surface area contributed by atoms with Gasteiger partial charge in [0.2, 0.25) is 0 Å². The van der Waals surface area contributed by atoms with Crippen molar-refractivity contribution in [3.8, 4) is 0 Å². The van der Waals surface area contributed by atoms with Gasteiger partial charge in [-0.15, -0.1) is 0 Å². The average molecular weight is 326 g/mol. The van der Waals surface area contributed by atoms with Gasteiger partial charge < -0.3 is 10.4 Å². The number of hydrogen-bond donors (Lipinski definition) is 2. The van der Waals surface area contributed by atoms with E-state index in [1.54, 1.807) is 18.3 Å². The number of nitrogens with one attached hydrogen (secondary N) is 1. The second-order valence-electron chi connectivity index (χ2n) is 6.51. The Balaban J connectivity index is 1.98. The molecule has 2 N–H and O–H groups in total. The summed E-state index contributed by atoms with van der Waals surface area (Å²) in [7, 11) is 0. The third kappa shape index (κ3) is 5.46. The third-order valence-corrected chi connectivity index (χ3v) is 3.83. The van der Waals surface area contributed by atoms with Crippen LogP contribution in [0, 0.1) is 6.92 Å². The molecule has 0 saturated carbocycles. The van der Waals surface area contributed by atoms with E-state index >= 15 is 0 Å². The summed E-state index contributed by atoms with van der Waals surface area (Å²) in [5.41, 5.74) is 3.63. The van der Waals surface area contributed by atoms with Crippen LogP contribution < -0.4 is 5.32 Å². The molecule has 4 nitrogen and oxygen atoms in total. The highest BCUT2D eigenvalue weighted by molar-refractivity contribution is 5.95. The predicted octanol–water partition coefficient (Wildman–Crippen LogP) is 3.06. The number of aliphatic hydroxyl groups is 1. The summed E-state index contributed by atoms with van der Waals surface area (Å²) in [5, 5.41) is 13.2. The molecule has 1 aromatic heterocycles. The molecule has 0 aliphatic rings. The Morgan fingerprint density at radius 2 is 2.04 bits per heavy atom. The molecule has 0 bridgehead atoms. The molecule has 1 heterocycles. The van der Waals surface area contributed by atoms with Crippen molar-refractivity contribution >= 4 is 5.91 Å². The van der Waals surface area contributed by atoms with E-state index in [0.29, 0.717) is 24.1 Å². The number of hydrogen-bond acceptors (Lipinski definition) is 3. The molecule has 0 spiro atoms. The minimum Gasteiger partial charge on any atom is -0.393 e. The fourth-order valence-electron chi connectivity index (χ4n) is 2.67. The average Bonchev–Trinajstić information content (AvgIpc) is 2.53. The summed E-state index contributed by atoms with van der Waals surface area (Å²) in [6.07, 6.45) is 2.97. The van der Waals surface area contributed by atoms with Crippen molar-refractivity contribution in [3.63, 3.8) is 0 Å². The molecule has 2 aromatic rings. The van der Waals surface area contributed by atoms with Crippen molar-refractivity contribution in [2.75, 3.05) is 0 Å². The molecule has 24 heavy (non-hydrogen) atoms. The van der Waals surface area contributed by atoms with Gasteiger partial charge in [-0.3, -0.25) is 9.78 Å². The van der Waals surface area contributed by atoms with Crippen LogP contribution in [-0.4, -0.2) is 28.1 Å². The van der Waals surface area contributed by atoms with Crippen molar-refractivity contribution in [1.82, 2.24) is 10.3 Å². The number of amides is 1. The molecule has 4 heteroatoms. The van der Waals surface area contributed by atoms with Crippen LogP contribution in [0.5, 0.6) is 0 Å². The zero-order valence-electron chi connectivity index (χ0n) is 14.6. The second-order valence-corrected chi connectivity index (χ2v) is 6.51. The van der Waals surface area contributed by atoms with Crippen molar-refractivity contribution in [3.05, 3.63) is 65.0 Å². The van der Waals surface area contributed by atoms with Crippen LogP contribution in [0.25, 0.3) is 0 Å². The van der Waals surface area contributed by atoms with Gasteiger partial charge in [0.15, 0.2) is 0 Å². The monoisotopic (exact) mass is 326 g/mol. The highest BCUT2D eigenvalue weighted by atomic mass is 16.3. The normalized spacial score (nSPS) is 12.2. The van der Waals surface area contributed by atoms with Crippen LogP contribution in [0.4, 0.5) is 0 Å². The van der Waals surface area contributed by atoms with E-state index in [0.717, 1.165) is 6.42 Å². The summed E-state index contributed by atoms with van der Waals surface area (Å²) < 4.78 is 0. The van der Waals surface area contributed by atoms with Crippen molar-refractivity contribution in [2.24, 2.45) is 0 Å². The molecule has 1 unspecified atom stereocenters. The molecule has 1 atom stereocenters. The van der Waals surface area contributed by atoms with Crippen LogP contribution >= 0.6 is 0 Å². The molecule has 0 aliphatic heterocycles. The summed E-state index contributed by atoms with van der Waals surface area (Å²) >= 11 is 0. The van der Waals surface area contributed by atoms with E-state index in [1.165, 1.54) is 11.1 Å². The van der Waals surface area contributed by atoms with E-state index in [-0.39, 0.29) is 11.9 Å². The molecule has 1 aromatic carbocycles. The summed E-state index contributed by atoms with van der Waals surface area (Å²) in [6, 6.07) is 11.9. The Morgan fingerprint density at radius 1 is 1.25 bits per heavy atom. The second kappa shape index (κ2) is 8.60. The number of pyridine rings is 1. The number of aromatic nitrogens is 1. The first-order valence-electron chi connectivity index (χ1n) is 8.44. The lowest BCUT2D eigenvalue weighted by molar-refractivity contribution is 0.0940. The molecular formula is C20H26N2O2. The van der Waals surface area contributed by atoms with E-state index in [4.69, 9.17) is 0 Å². The minimum atomic E-state index is -0.522. The Morgan fingerprint density at radius 3 is 2.75 bits per heavy atom. The predicted molar refractivity (Wildman–Crippen MR) is 96.1 cm³/mol. The maximum absolute atomic E-state index is 12.2. The third-order valence-electron chi connectivity index (χ3n) is 3.83. The zero-order valence-corrected chi connectivity index (χ0v) is 14.6. The van der Waals surface area contributed by atoms with Crippen LogP contribution in [0.3, 0.4) is 0 Å². The Labute approximate surface area is 143 Å². The lowest BCUT2D eigenvalue weighted by Crippen LogP contribution is -2.31. The highest BCUT2D eigenvalue weighted by Crippen LogP contribution is 2.13. The number of carbonyl (C=O) groups excluding carboxylic acids is 1. The van der Waals surface area contributed by atoms with Crippen LogP contribution in [-0.2, 0) is 12.8 Å². The van der Waals surface area contributed by atoms with Gasteiger partial charge in [-0.2, -0.15) is 0 Å². The van der Waals surface area contributed by atoms with E-state index < -0.39 is 6.10 Å². The Kier molecular flexibility index (Phi) is 6.50. The molecule has 0 aliphatic carbocycles. The van der Waals surface area contributed by atoms with E-state index in [2.05, 4.69) is 35.4 Å². The topological polar surface area (TPSA) is 62.2 Å². The smallest absolute Gasteiger partial charge is 0.253 e. The first-order valence-corrected chi connectivity index (χ1v) is 8.44. The quantitative estimate of drug-likeness (QED) is 0.822.